The summed E-state index contributed by atoms with van der Waals surface area (Å²) in [5.74, 6) is 0.570. The summed E-state index contributed by atoms with van der Waals surface area (Å²) >= 11 is 0. The fraction of sp³-hybridized carbons (Fsp3) is 0.500. The molecule has 0 saturated carbocycles. The Morgan fingerprint density at radius 2 is 2.00 bits per heavy atom. The molecule has 11 heavy (non-hydrogen) atoms. The molecule has 0 N–H and O–H groups in total. The van der Waals surface area contributed by atoms with Crippen molar-refractivity contribution in [1.82, 2.24) is 4.98 Å². The van der Waals surface area contributed by atoms with Crippen molar-refractivity contribution in [3.05, 3.63) is 29.1 Å². The second kappa shape index (κ2) is 2.33. The predicted octanol–water partition coefficient (Wildman–Crippen LogP) is 2.30. The molecule has 1 aliphatic rings. The second-order valence-corrected chi connectivity index (χ2v) is 3.53. The lowest BCUT2D eigenvalue weighted by Gasteiger charge is -2.19. The lowest BCUT2D eigenvalue weighted by atomic mass is 9.89. The molecule has 0 saturated heterocycles. The van der Waals surface area contributed by atoms with Gasteiger partial charge in [-0.3, -0.25) is 4.98 Å². The first-order valence-electron chi connectivity index (χ1n) is 4.25. The number of nitrogens with zero attached hydrogens (tertiary/aromatic N) is 1. The molecule has 0 radical (unpaired) electrons. The SMILES string of the molecule is CC(C)c1cc2c(cn1)CC2. The quantitative estimate of drug-likeness (QED) is 0.594. The van der Waals surface area contributed by atoms with E-state index in [0.717, 1.165) is 0 Å². The van der Waals surface area contributed by atoms with Crippen LogP contribution in [0.4, 0.5) is 0 Å². The summed E-state index contributed by atoms with van der Waals surface area (Å²) in [5, 5.41) is 0. The number of pyridine rings is 1. The number of rotatable bonds is 1. The zero-order valence-electron chi connectivity index (χ0n) is 7.09. The fourth-order valence-corrected chi connectivity index (χ4v) is 1.41. The molecule has 0 fully saturated rings. The van der Waals surface area contributed by atoms with Gasteiger partial charge in [0.25, 0.3) is 0 Å². The average Bonchev–Trinajstić information content (AvgIpc) is 1.91. The Kier molecular flexibility index (Phi) is 1.45. The van der Waals surface area contributed by atoms with Gasteiger partial charge in [-0.1, -0.05) is 13.8 Å². The van der Waals surface area contributed by atoms with Gasteiger partial charge in [0.2, 0.25) is 0 Å². The molecule has 1 aromatic rings. The van der Waals surface area contributed by atoms with Crippen LogP contribution in [0.3, 0.4) is 0 Å². The van der Waals surface area contributed by atoms with Crippen LogP contribution in [0.25, 0.3) is 0 Å². The summed E-state index contributed by atoms with van der Waals surface area (Å²) in [5.41, 5.74) is 4.21. The lowest BCUT2D eigenvalue weighted by molar-refractivity contribution is 0.771. The van der Waals surface area contributed by atoms with Gasteiger partial charge >= 0.3 is 0 Å². The third-order valence-corrected chi connectivity index (χ3v) is 2.36. The van der Waals surface area contributed by atoms with Crippen LogP contribution in [0.1, 0.15) is 36.6 Å². The molecule has 1 aliphatic carbocycles. The zero-order chi connectivity index (χ0) is 7.84. The third-order valence-electron chi connectivity index (χ3n) is 2.36. The Morgan fingerprint density at radius 1 is 1.27 bits per heavy atom. The van der Waals surface area contributed by atoms with E-state index in [0.29, 0.717) is 5.92 Å². The minimum absolute atomic E-state index is 0.570. The Labute approximate surface area is 67.5 Å². The summed E-state index contributed by atoms with van der Waals surface area (Å²) in [6.45, 7) is 4.38. The summed E-state index contributed by atoms with van der Waals surface area (Å²) in [6, 6.07) is 2.25. The van der Waals surface area contributed by atoms with Crippen molar-refractivity contribution in [3.8, 4) is 0 Å². The molecular formula is C10H13N. The van der Waals surface area contributed by atoms with Gasteiger partial charge in [0, 0.05) is 11.9 Å². The largest absolute Gasteiger partial charge is 0.261 e. The van der Waals surface area contributed by atoms with Crippen LogP contribution in [-0.4, -0.2) is 4.98 Å². The highest BCUT2D eigenvalue weighted by atomic mass is 14.7. The molecule has 1 heteroatoms. The van der Waals surface area contributed by atoms with Gasteiger partial charge in [0.15, 0.2) is 0 Å². The van der Waals surface area contributed by atoms with Crippen molar-refractivity contribution in [3.63, 3.8) is 0 Å². The number of aromatic nitrogens is 1. The van der Waals surface area contributed by atoms with Crippen LogP contribution in [-0.2, 0) is 12.8 Å². The molecular weight excluding hydrogens is 134 g/mol. The number of hydrogen-bond donors (Lipinski definition) is 0. The average molecular weight is 147 g/mol. The standard InChI is InChI=1S/C10H13N/c1-7(2)10-5-8-3-4-9(8)6-11-10/h5-7H,3-4H2,1-2H3. The van der Waals surface area contributed by atoms with E-state index in [9.17, 15) is 0 Å². The van der Waals surface area contributed by atoms with E-state index < -0.39 is 0 Å². The van der Waals surface area contributed by atoms with Gasteiger partial charge in [-0.05, 0) is 36.0 Å². The predicted molar refractivity (Wildman–Crippen MR) is 45.7 cm³/mol. The summed E-state index contributed by atoms with van der Waals surface area (Å²) in [7, 11) is 0. The van der Waals surface area contributed by atoms with Crippen molar-refractivity contribution in [1.29, 1.82) is 0 Å². The van der Waals surface area contributed by atoms with Crippen molar-refractivity contribution < 1.29 is 0 Å². The molecule has 1 aromatic heterocycles. The monoisotopic (exact) mass is 147 g/mol. The topological polar surface area (TPSA) is 12.9 Å². The van der Waals surface area contributed by atoms with Gasteiger partial charge in [0.1, 0.15) is 0 Å². The van der Waals surface area contributed by atoms with Crippen molar-refractivity contribution >= 4 is 0 Å². The number of aryl methyl sites for hydroxylation is 2. The second-order valence-electron chi connectivity index (χ2n) is 3.53. The van der Waals surface area contributed by atoms with Crippen molar-refractivity contribution in [2.75, 3.05) is 0 Å². The molecule has 0 unspecified atom stereocenters. The molecule has 1 heterocycles. The first-order valence-corrected chi connectivity index (χ1v) is 4.25. The van der Waals surface area contributed by atoms with E-state index in [4.69, 9.17) is 0 Å². The molecule has 0 atom stereocenters. The maximum absolute atomic E-state index is 4.39. The molecule has 0 bridgehead atoms. The number of hydrogen-bond acceptors (Lipinski definition) is 1. The van der Waals surface area contributed by atoms with E-state index in [1.54, 1.807) is 0 Å². The van der Waals surface area contributed by atoms with Crippen LogP contribution in [0, 0.1) is 0 Å². The van der Waals surface area contributed by atoms with Crippen LogP contribution < -0.4 is 0 Å². The molecule has 0 aliphatic heterocycles. The third kappa shape index (κ3) is 1.05. The van der Waals surface area contributed by atoms with Crippen LogP contribution >= 0.6 is 0 Å². The van der Waals surface area contributed by atoms with Gasteiger partial charge in [-0.15, -0.1) is 0 Å². The van der Waals surface area contributed by atoms with Gasteiger partial charge < -0.3 is 0 Å². The summed E-state index contributed by atoms with van der Waals surface area (Å²) in [4.78, 5) is 4.39. The van der Waals surface area contributed by atoms with Crippen molar-refractivity contribution in [2.45, 2.75) is 32.6 Å². The number of fused-ring (bicyclic) bond motifs is 1. The minimum atomic E-state index is 0.570. The summed E-state index contributed by atoms with van der Waals surface area (Å²) < 4.78 is 0. The normalized spacial score (nSPS) is 14.5. The Balaban J connectivity index is 2.38. The molecule has 1 nitrogen and oxygen atoms in total. The van der Waals surface area contributed by atoms with Crippen LogP contribution in [0.2, 0.25) is 0 Å². The first kappa shape index (κ1) is 6.84. The van der Waals surface area contributed by atoms with Gasteiger partial charge in [-0.25, -0.2) is 0 Å². The van der Waals surface area contributed by atoms with Crippen molar-refractivity contribution in [2.24, 2.45) is 0 Å². The molecule has 58 valence electrons. The van der Waals surface area contributed by atoms with E-state index in [1.165, 1.54) is 29.7 Å². The van der Waals surface area contributed by atoms with E-state index >= 15 is 0 Å². The van der Waals surface area contributed by atoms with Gasteiger partial charge in [0.05, 0.1) is 0 Å². The molecule has 0 amide bonds. The molecule has 2 rings (SSSR count). The zero-order valence-corrected chi connectivity index (χ0v) is 7.09. The lowest BCUT2D eigenvalue weighted by Crippen LogP contribution is -2.10. The van der Waals surface area contributed by atoms with Crippen LogP contribution in [0.5, 0.6) is 0 Å². The summed E-state index contributed by atoms with van der Waals surface area (Å²) in [6.07, 6.45) is 4.53. The highest BCUT2D eigenvalue weighted by molar-refractivity contribution is 5.35. The highest BCUT2D eigenvalue weighted by Crippen LogP contribution is 2.24. The maximum Gasteiger partial charge on any atom is 0.0431 e. The Morgan fingerprint density at radius 3 is 2.45 bits per heavy atom. The maximum atomic E-state index is 4.39. The highest BCUT2D eigenvalue weighted by Gasteiger charge is 2.14. The van der Waals surface area contributed by atoms with E-state index in [2.05, 4.69) is 24.9 Å². The molecule has 0 spiro atoms. The van der Waals surface area contributed by atoms with Gasteiger partial charge in [-0.2, -0.15) is 0 Å². The Bertz CT molecular complexity index is 276. The van der Waals surface area contributed by atoms with E-state index in [-0.39, 0.29) is 0 Å². The molecule has 0 aromatic carbocycles. The minimum Gasteiger partial charge on any atom is -0.261 e. The smallest absolute Gasteiger partial charge is 0.0431 e. The first-order chi connectivity index (χ1) is 5.27. The Hall–Kier alpha value is -0.850. The van der Waals surface area contributed by atoms with E-state index in [1.807, 2.05) is 6.20 Å². The van der Waals surface area contributed by atoms with Crippen LogP contribution in [0.15, 0.2) is 12.3 Å². The fourth-order valence-electron chi connectivity index (χ4n) is 1.41.